The number of carbonyl (C=O) groups is 1. The van der Waals surface area contributed by atoms with E-state index in [1.807, 2.05) is 61.2 Å². The normalized spacial score (nSPS) is 16.4. The summed E-state index contributed by atoms with van der Waals surface area (Å²) in [6.45, 7) is 5.10. The molecule has 144 valence electrons. The fourth-order valence-electron chi connectivity index (χ4n) is 3.62. The van der Waals surface area contributed by atoms with E-state index in [0.717, 1.165) is 24.0 Å². The van der Waals surface area contributed by atoms with E-state index >= 15 is 0 Å². The zero-order valence-corrected chi connectivity index (χ0v) is 16.1. The smallest absolute Gasteiger partial charge is 0.258 e. The average Bonchev–Trinajstić information content (AvgIpc) is 3.37. The third-order valence-electron chi connectivity index (χ3n) is 4.93. The van der Waals surface area contributed by atoms with E-state index in [1.165, 1.54) is 0 Å². The van der Waals surface area contributed by atoms with Crippen LogP contribution in [0.1, 0.15) is 47.6 Å². The van der Waals surface area contributed by atoms with Crippen LogP contribution >= 0.6 is 0 Å². The first-order chi connectivity index (χ1) is 13.7. The lowest BCUT2D eigenvalue weighted by molar-refractivity contribution is 0.0706. The van der Waals surface area contributed by atoms with Gasteiger partial charge in [0.05, 0.1) is 12.2 Å². The van der Waals surface area contributed by atoms with E-state index in [2.05, 4.69) is 10.1 Å². The van der Waals surface area contributed by atoms with Gasteiger partial charge in [0.15, 0.2) is 0 Å². The molecule has 0 spiro atoms. The van der Waals surface area contributed by atoms with Crippen LogP contribution < -0.4 is 4.74 Å². The molecule has 1 aromatic heterocycles. The lowest BCUT2D eigenvalue weighted by Gasteiger charge is -2.23. The summed E-state index contributed by atoms with van der Waals surface area (Å²) in [7, 11) is 0. The van der Waals surface area contributed by atoms with Crippen molar-refractivity contribution in [1.82, 2.24) is 15.0 Å². The number of aryl methyl sites for hydroxylation is 1. The van der Waals surface area contributed by atoms with Gasteiger partial charge in [0, 0.05) is 12.1 Å². The maximum Gasteiger partial charge on any atom is 0.258 e. The van der Waals surface area contributed by atoms with Gasteiger partial charge < -0.3 is 14.2 Å². The molecule has 2 aromatic carbocycles. The number of benzene rings is 2. The molecule has 0 radical (unpaired) electrons. The van der Waals surface area contributed by atoms with Gasteiger partial charge in [-0.1, -0.05) is 41.1 Å². The van der Waals surface area contributed by atoms with Crippen molar-refractivity contribution >= 4 is 5.91 Å². The van der Waals surface area contributed by atoms with Crippen LogP contribution in [-0.4, -0.2) is 34.1 Å². The molecule has 4 rings (SSSR count). The maximum atomic E-state index is 13.2. The van der Waals surface area contributed by atoms with Crippen LogP contribution in [-0.2, 0) is 0 Å². The SMILES string of the molecule is CCOc1ccccc1C(=O)N1CCCC1c1nc(-c2cccc(C)c2)no1. The highest BCUT2D eigenvalue weighted by Crippen LogP contribution is 2.34. The van der Waals surface area contributed by atoms with Crippen molar-refractivity contribution in [3.05, 3.63) is 65.5 Å². The lowest BCUT2D eigenvalue weighted by Crippen LogP contribution is -2.31. The standard InChI is InChI=1S/C22H23N3O3/c1-3-27-19-12-5-4-10-17(19)22(26)25-13-7-11-18(25)21-23-20(24-28-21)16-9-6-8-15(2)14-16/h4-6,8-10,12,14,18H,3,7,11,13H2,1-2H3. The van der Waals surface area contributed by atoms with Gasteiger partial charge in [-0.05, 0) is 44.9 Å². The van der Waals surface area contributed by atoms with E-state index in [1.54, 1.807) is 6.07 Å². The Hall–Kier alpha value is -3.15. The van der Waals surface area contributed by atoms with E-state index in [0.29, 0.717) is 36.2 Å². The molecule has 1 aliphatic rings. The van der Waals surface area contributed by atoms with Crippen molar-refractivity contribution in [2.75, 3.05) is 13.2 Å². The number of para-hydroxylation sites is 1. The first kappa shape index (κ1) is 18.2. The molecule has 1 amide bonds. The second kappa shape index (κ2) is 7.84. The Kier molecular flexibility index (Phi) is 5.10. The molecule has 3 aromatic rings. The summed E-state index contributed by atoms with van der Waals surface area (Å²) >= 11 is 0. The Morgan fingerprint density at radius 3 is 2.93 bits per heavy atom. The summed E-state index contributed by atoms with van der Waals surface area (Å²) in [5, 5.41) is 4.14. The topological polar surface area (TPSA) is 68.5 Å². The predicted octanol–water partition coefficient (Wildman–Crippen LogP) is 4.42. The van der Waals surface area contributed by atoms with Gasteiger partial charge in [-0.25, -0.2) is 0 Å². The highest BCUT2D eigenvalue weighted by Gasteiger charge is 2.35. The van der Waals surface area contributed by atoms with Crippen LogP contribution in [0.2, 0.25) is 0 Å². The number of amides is 1. The van der Waals surface area contributed by atoms with Crippen molar-refractivity contribution in [1.29, 1.82) is 0 Å². The highest BCUT2D eigenvalue weighted by atomic mass is 16.5. The van der Waals surface area contributed by atoms with Crippen LogP contribution in [0, 0.1) is 6.92 Å². The van der Waals surface area contributed by atoms with Crippen LogP contribution in [0.3, 0.4) is 0 Å². The van der Waals surface area contributed by atoms with Gasteiger partial charge >= 0.3 is 0 Å². The largest absolute Gasteiger partial charge is 0.493 e. The summed E-state index contributed by atoms with van der Waals surface area (Å²) in [5.41, 5.74) is 2.61. The maximum absolute atomic E-state index is 13.2. The second-order valence-electron chi connectivity index (χ2n) is 6.91. The molecule has 1 aliphatic heterocycles. The molecule has 6 nitrogen and oxygen atoms in total. The fraction of sp³-hybridized carbons (Fsp3) is 0.318. The second-order valence-corrected chi connectivity index (χ2v) is 6.91. The van der Waals surface area contributed by atoms with Crippen LogP contribution in [0.5, 0.6) is 5.75 Å². The Labute approximate surface area is 164 Å². The van der Waals surface area contributed by atoms with Crippen molar-refractivity contribution in [2.24, 2.45) is 0 Å². The minimum atomic E-state index is -0.215. The number of rotatable bonds is 5. The molecule has 6 heteroatoms. The van der Waals surface area contributed by atoms with Crippen molar-refractivity contribution in [3.63, 3.8) is 0 Å². The molecule has 0 saturated carbocycles. The van der Waals surface area contributed by atoms with Crippen molar-refractivity contribution in [2.45, 2.75) is 32.7 Å². The molecule has 1 atom stereocenters. The molecular formula is C22H23N3O3. The highest BCUT2D eigenvalue weighted by molar-refractivity contribution is 5.97. The third kappa shape index (κ3) is 3.50. The quantitative estimate of drug-likeness (QED) is 0.658. The van der Waals surface area contributed by atoms with E-state index in [9.17, 15) is 4.79 Å². The minimum Gasteiger partial charge on any atom is -0.493 e. The number of hydrogen-bond donors (Lipinski definition) is 0. The van der Waals surface area contributed by atoms with Crippen LogP contribution in [0.4, 0.5) is 0 Å². The van der Waals surface area contributed by atoms with Gasteiger partial charge in [-0.2, -0.15) is 4.98 Å². The number of nitrogens with zero attached hydrogens (tertiary/aromatic N) is 3. The zero-order chi connectivity index (χ0) is 19.5. The molecule has 0 N–H and O–H groups in total. The van der Waals surface area contributed by atoms with Gasteiger partial charge in [0.2, 0.25) is 11.7 Å². The van der Waals surface area contributed by atoms with Gasteiger partial charge in [-0.15, -0.1) is 0 Å². The number of ether oxygens (including phenoxy) is 1. The summed E-state index contributed by atoms with van der Waals surface area (Å²) in [6, 6.07) is 15.1. The molecule has 0 bridgehead atoms. The first-order valence-electron chi connectivity index (χ1n) is 9.61. The first-order valence-corrected chi connectivity index (χ1v) is 9.61. The molecule has 1 unspecified atom stereocenters. The summed E-state index contributed by atoms with van der Waals surface area (Å²) < 4.78 is 11.2. The number of likely N-dealkylation sites (tertiary alicyclic amines) is 1. The monoisotopic (exact) mass is 377 g/mol. The van der Waals surface area contributed by atoms with E-state index < -0.39 is 0 Å². The summed E-state index contributed by atoms with van der Waals surface area (Å²) in [6.07, 6.45) is 1.70. The molecule has 1 saturated heterocycles. The van der Waals surface area contributed by atoms with Crippen molar-refractivity contribution in [3.8, 4) is 17.1 Å². The molecule has 1 fully saturated rings. The molecular weight excluding hydrogens is 354 g/mol. The Morgan fingerprint density at radius 2 is 2.11 bits per heavy atom. The summed E-state index contributed by atoms with van der Waals surface area (Å²) in [5.74, 6) is 1.57. The molecule has 28 heavy (non-hydrogen) atoms. The fourth-order valence-corrected chi connectivity index (χ4v) is 3.62. The van der Waals surface area contributed by atoms with E-state index in [-0.39, 0.29) is 11.9 Å². The van der Waals surface area contributed by atoms with Crippen LogP contribution in [0.15, 0.2) is 53.1 Å². The number of aromatic nitrogens is 2. The van der Waals surface area contributed by atoms with Gasteiger partial charge in [-0.3, -0.25) is 4.79 Å². The Balaban J connectivity index is 1.60. The Morgan fingerprint density at radius 1 is 1.25 bits per heavy atom. The van der Waals surface area contributed by atoms with Gasteiger partial charge in [0.1, 0.15) is 11.8 Å². The van der Waals surface area contributed by atoms with Gasteiger partial charge in [0.25, 0.3) is 5.91 Å². The summed E-state index contributed by atoms with van der Waals surface area (Å²) in [4.78, 5) is 19.6. The van der Waals surface area contributed by atoms with Crippen molar-refractivity contribution < 1.29 is 14.1 Å². The predicted molar refractivity (Wildman–Crippen MR) is 105 cm³/mol. The third-order valence-corrected chi connectivity index (χ3v) is 4.93. The van der Waals surface area contributed by atoms with E-state index in [4.69, 9.17) is 9.26 Å². The lowest BCUT2D eigenvalue weighted by atomic mass is 10.1. The average molecular weight is 377 g/mol. The minimum absolute atomic E-state index is 0.0677. The molecule has 2 heterocycles. The number of hydrogen-bond acceptors (Lipinski definition) is 5. The Bertz CT molecular complexity index is 982. The molecule has 0 aliphatic carbocycles. The van der Waals surface area contributed by atoms with Crippen LogP contribution in [0.25, 0.3) is 11.4 Å². The number of carbonyl (C=O) groups excluding carboxylic acids is 1. The zero-order valence-electron chi connectivity index (χ0n) is 16.1.